The minimum Gasteiger partial charge on any atom is -0.460 e. The van der Waals surface area contributed by atoms with Gasteiger partial charge in [-0.3, -0.25) is 4.79 Å². The molecule has 0 aliphatic rings. The third kappa shape index (κ3) is 2.30. The number of carbonyl (C=O) groups is 2. The van der Waals surface area contributed by atoms with Gasteiger partial charge in [-0.2, -0.15) is 0 Å². The Kier molecular flexibility index (Phi) is 3.13. The number of benzene rings is 1. The van der Waals surface area contributed by atoms with E-state index < -0.39 is 11.8 Å². The van der Waals surface area contributed by atoms with Gasteiger partial charge >= 0.3 is 5.97 Å². The van der Waals surface area contributed by atoms with Crippen LogP contribution >= 0.6 is 0 Å². The van der Waals surface area contributed by atoms with Crippen LogP contribution in [0.2, 0.25) is 0 Å². The molecule has 0 amide bonds. The number of aromatic nitrogens is 3. The van der Waals surface area contributed by atoms with Gasteiger partial charge in [0.15, 0.2) is 0 Å². The summed E-state index contributed by atoms with van der Waals surface area (Å²) in [6.07, 6.45) is 0. The van der Waals surface area contributed by atoms with Crippen LogP contribution < -0.4 is 0 Å². The number of rotatable bonds is 4. The van der Waals surface area contributed by atoms with Crippen molar-refractivity contribution >= 4 is 22.8 Å². The monoisotopic (exact) mass is 233 g/mol. The van der Waals surface area contributed by atoms with Crippen LogP contribution in [-0.4, -0.2) is 33.4 Å². The van der Waals surface area contributed by atoms with Gasteiger partial charge < -0.3 is 4.74 Å². The smallest absolute Gasteiger partial charge is 0.376 e. The normalized spacial score (nSPS) is 10.4. The highest BCUT2D eigenvalue weighted by atomic mass is 16.5. The van der Waals surface area contributed by atoms with Crippen LogP contribution in [0.1, 0.15) is 6.92 Å². The third-order valence-electron chi connectivity index (χ3n) is 2.22. The lowest BCUT2D eigenvalue weighted by Crippen LogP contribution is -2.23. The first-order valence-electron chi connectivity index (χ1n) is 5.20. The van der Waals surface area contributed by atoms with Crippen molar-refractivity contribution in [1.29, 1.82) is 0 Å². The van der Waals surface area contributed by atoms with Gasteiger partial charge in [0.05, 0.1) is 12.1 Å². The van der Waals surface area contributed by atoms with E-state index in [2.05, 4.69) is 15.0 Å². The lowest BCUT2D eigenvalue weighted by atomic mass is 10.3. The molecule has 17 heavy (non-hydrogen) atoms. The van der Waals surface area contributed by atoms with Crippen molar-refractivity contribution in [2.75, 3.05) is 6.61 Å². The van der Waals surface area contributed by atoms with E-state index in [1.165, 1.54) is 4.68 Å². The van der Waals surface area contributed by atoms with E-state index in [0.29, 0.717) is 11.0 Å². The fourth-order valence-corrected chi connectivity index (χ4v) is 1.45. The zero-order chi connectivity index (χ0) is 12.3. The Bertz CT molecular complexity index is 562. The number of fused-ring (bicyclic) bond motifs is 1. The summed E-state index contributed by atoms with van der Waals surface area (Å²) in [5.41, 5.74) is 1.40. The molecule has 6 nitrogen and oxygen atoms in total. The molecule has 1 aromatic heterocycles. The zero-order valence-electron chi connectivity index (χ0n) is 9.29. The van der Waals surface area contributed by atoms with E-state index in [4.69, 9.17) is 0 Å². The SMILES string of the molecule is CCOC(=O)C(=O)Cn1nnc2ccccc21. The molecule has 0 saturated heterocycles. The Morgan fingerprint density at radius 1 is 1.35 bits per heavy atom. The number of esters is 1. The first-order chi connectivity index (χ1) is 8.22. The maximum Gasteiger partial charge on any atom is 0.376 e. The number of ether oxygens (including phenoxy) is 1. The Balaban J connectivity index is 2.19. The Labute approximate surface area is 97.2 Å². The lowest BCUT2D eigenvalue weighted by molar-refractivity contribution is -0.153. The van der Waals surface area contributed by atoms with Crippen LogP contribution in [-0.2, 0) is 20.9 Å². The van der Waals surface area contributed by atoms with Crippen LogP contribution in [0.4, 0.5) is 0 Å². The predicted octanol–water partition coefficient (Wildman–Crippen LogP) is 0.563. The molecule has 1 heterocycles. The Morgan fingerprint density at radius 3 is 2.88 bits per heavy atom. The van der Waals surface area contributed by atoms with E-state index >= 15 is 0 Å². The molecule has 0 bridgehead atoms. The number of nitrogens with zero attached hydrogens (tertiary/aromatic N) is 3. The summed E-state index contributed by atoms with van der Waals surface area (Å²) in [6.45, 7) is 1.68. The quantitative estimate of drug-likeness (QED) is 0.570. The molecule has 0 aliphatic carbocycles. The standard InChI is InChI=1S/C11H11N3O3/c1-2-17-11(16)10(15)7-14-9-6-4-3-5-8(9)12-13-14/h3-6H,2,7H2,1H3. The van der Waals surface area contributed by atoms with Gasteiger partial charge in [0, 0.05) is 0 Å². The summed E-state index contributed by atoms with van der Waals surface area (Å²) in [4.78, 5) is 22.7. The van der Waals surface area contributed by atoms with Crippen molar-refractivity contribution in [3.8, 4) is 0 Å². The van der Waals surface area contributed by atoms with Crippen LogP contribution in [0.25, 0.3) is 11.0 Å². The van der Waals surface area contributed by atoms with Gasteiger partial charge in [-0.1, -0.05) is 17.3 Å². The Hall–Kier alpha value is -2.24. The van der Waals surface area contributed by atoms with E-state index in [0.717, 1.165) is 0 Å². The molecule has 0 N–H and O–H groups in total. The third-order valence-corrected chi connectivity index (χ3v) is 2.22. The summed E-state index contributed by atoms with van der Waals surface area (Å²) in [7, 11) is 0. The minimum absolute atomic E-state index is 0.153. The molecule has 0 spiro atoms. The topological polar surface area (TPSA) is 74.1 Å². The highest BCUT2D eigenvalue weighted by molar-refractivity contribution is 6.33. The number of hydrogen-bond donors (Lipinski definition) is 0. The van der Waals surface area contributed by atoms with Gasteiger partial charge in [0.1, 0.15) is 12.1 Å². The molecule has 88 valence electrons. The van der Waals surface area contributed by atoms with Crippen molar-refractivity contribution in [1.82, 2.24) is 15.0 Å². The van der Waals surface area contributed by atoms with Crippen molar-refractivity contribution in [3.05, 3.63) is 24.3 Å². The molecule has 0 aliphatic heterocycles. The summed E-state index contributed by atoms with van der Waals surface area (Å²) >= 11 is 0. The van der Waals surface area contributed by atoms with Gasteiger partial charge in [-0.25, -0.2) is 9.48 Å². The van der Waals surface area contributed by atoms with Gasteiger partial charge in [0.2, 0.25) is 0 Å². The minimum atomic E-state index is -0.841. The Morgan fingerprint density at radius 2 is 2.12 bits per heavy atom. The predicted molar refractivity (Wildman–Crippen MR) is 59.2 cm³/mol. The van der Waals surface area contributed by atoms with Crippen molar-refractivity contribution in [2.24, 2.45) is 0 Å². The average Bonchev–Trinajstić information content (AvgIpc) is 2.73. The zero-order valence-corrected chi connectivity index (χ0v) is 9.29. The van der Waals surface area contributed by atoms with E-state index in [1.54, 1.807) is 19.1 Å². The molecule has 0 atom stereocenters. The summed E-state index contributed by atoms with van der Waals surface area (Å²) in [6, 6.07) is 7.22. The molecule has 0 unspecified atom stereocenters. The summed E-state index contributed by atoms with van der Waals surface area (Å²) < 4.78 is 6.00. The second-order valence-electron chi connectivity index (χ2n) is 3.38. The first-order valence-corrected chi connectivity index (χ1v) is 5.20. The number of Topliss-reactive ketones (excluding diaryl/α,β-unsaturated/α-hetero) is 1. The number of ketones is 1. The second-order valence-corrected chi connectivity index (χ2v) is 3.38. The summed E-state index contributed by atoms with van der Waals surface area (Å²) in [5, 5.41) is 7.70. The van der Waals surface area contributed by atoms with Crippen LogP contribution in [0, 0.1) is 0 Å². The second kappa shape index (κ2) is 4.73. The fourth-order valence-electron chi connectivity index (χ4n) is 1.45. The van der Waals surface area contributed by atoms with Crippen LogP contribution in [0.15, 0.2) is 24.3 Å². The molecule has 2 aromatic rings. The molecular formula is C11H11N3O3. The average molecular weight is 233 g/mol. The van der Waals surface area contributed by atoms with Crippen LogP contribution in [0.5, 0.6) is 0 Å². The molecule has 0 saturated carbocycles. The molecule has 0 fully saturated rings. The van der Waals surface area contributed by atoms with Gasteiger partial charge in [-0.15, -0.1) is 5.10 Å². The number of carbonyl (C=O) groups excluding carboxylic acids is 2. The van der Waals surface area contributed by atoms with Gasteiger partial charge in [0.25, 0.3) is 5.78 Å². The number of hydrogen-bond acceptors (Lipinski definition) is 5. The van der Waals surface area contributed by atoms with Gasteiger partial charge in [-0.05, 0) is 19.1 Å². The van der Waals surface area contributed by atoms with E-state index in [9.17, 15) is 9.59 Å². The maximum absolute atomic E-state index is 11.5. The maximum atomic E-state index is 11.5. The molecular weight excluding hydrogens is 222 g/mol. The number of para-hydroxylation sites is 1. The first kappa shape index (κ1) is 11.3. The highest BCUT2D eigenvalue weighted by Gasteiger charge is 2.17. The van der Waals surface area contributed by atoms with Crippen molar-refractivity contribution in [2.45, 2.75) is 13.5 Å². The highest BCUT2D eigenvalue weighted by Crippen LogP contribution is 2.09. The fraction of sp³-hybridized carbons (Fsp3) is 0.273. The molecule has 6 heteroatoms. The molecule has 0 radical (unpaired) electrons. The van der Waals surface area contributed by atoms with Crippen molar-refractivity contribution < 1.29 is 14.3 Å². The van der Waals surface area contributed by atoms with E-state index in [1.807, 2.05) is 12.1 Å². The molecule has 2 rings (SSSR count). The van der Waals surface area contributed by atoms with E-state index in [-0.39, 0.29) is 13.2 Å². The molecule has 1 aromatic carbocycles. The summed E-state index contributed by atoms with van der Waals surface area (Å²) in [5.74, 6) is -1.48. The van der Waals surface area contributed by atoms with Crippen molar-refractivity contribution in [3.63, 3.8) is 0 Å². The van der Waals surface area contributed by atoms with Crippen LogP contribution in [0.3, 0.4) is 0 Å². The lowest BCUT2D eigenvalue weighted by Gasteiger charge is -2.01. The largest absolute Gasteiger partial charge is 0.460 e.